The standard InChI is InChI=1S/C20H12F7N3O5S/c1-36(32,33)12-4-2-3-10(7-12)28-17(31)13-9-16(19(22,23)24)29-30-18(13)34-15-6-5-11(8-14(15)21)35-20(25,26)27/h2-9H,1H3,(H,28,31). The molecular formula is C20H12F7N3O5S. The van der Waals surface area contributed by atoms with Crippen LogP contribution in [-0.4, -0.2) is 37.1 Å². The highest BCUT2D eigenvalue weighted by atomic mass is 32.2. The van der Waals surface area contributed by atoms with Gasteiger partial charge in [-0.05, 0) is 36.4 Å². The van der Waals surface area contributed by atoms with Crippen LogP contribution in [-0.2, 0) is 16.0 Å². The van der Waals surface area contributed by atoms with Crippen LogP contribution in [0.5, 0.6) is 17.4 Å². The zero-order chi connectivity index (χ0) is 26.9. The highest BCUT2D eigenvalue weighted by Gasteiger charge is 2.35. The molecule has 8 nitrogen and oxygen atoms in total. The summed E-state index contributed by atoms with van der Waals surface area (Å²) in [5, 5.41) is 8.21. The lowest BCUT2D eigenvalue weighted by Gasteiger charge is -2.14. The van der Waals surface area contributed by atoms with Crippen molar-refractivity contribution in [3.05, 3.63) is 65.6 Å². The van der Waals surface area contributed by atoms with Crippen molar-refractivity contribution in [3.63, 3.8) is 0 Å². The number of nitrogens with zero attached hydrogens (tertiary/aromatic N) is 2. The number of sulfone groups is 1. The number of carbonyl (C=O) groups excluding carboxylic acids is 1. The molecule has 0 radical (unpaired) electrons. The second-order valence-corrected chi connectivity index (χ2v) is 8.96. The Morgan fingerprint density at radius 2 is 1.67 bits per heavy atom. The van der Waals surface area contributed by atoms with Crippen molar-refractivity contribution in [1.29, 1.82) is 0 Å². The highest BCUT2D eigenvalue weighted by molar-refractivity contribution is 7.90. The molecule has 0 saturated carbocycles. The summed E-state index contributed by atoms with van der Waals surface area (Å²) in [7, 11) is -3.69. The van der Waals surface area contributed by atoms with Gasteiger partial charge in [-0.3, -0.25) is 4.79 Å². The third-order valence-electron chi connectivity index (χ3n) is 4.16. The number of halogens is 7. The summed E-state index contributed by atoms with van der Waals surface area (Å²) in [5.74, 6) is -5.39. The Bertz CT molecular complexity index is 1410. The summed E-state index contributed by atoms with van der Waals surface area (Å²) in [4.78, 5) is 12.5. The molecule has 0 aliphatic heterocycles. The number of hydrogen-bond acceptors (Lipinski definition) is 7. The Morgan fingerprint density at radius 3 is 2.25 bits per heavy atom. The maximum Gasteiger partial charge on any atom is 0.573 e. The average Bonchev–Trinajstić information content (AvgIpc) is 2.73. The molecule has 0 bridgehead atoms. The van der Waals surface area contributed by atoms with Gasteiger partial charge in [0.2, 0.25) is 0 Å². The minimum Gasteiger partial charge on any atom is -0.434 e. The topological polar surface area (TPSA) is 107 Å². The zero-order valence-electron chi connectivity index (χ0n) is 17.6. The van der Waals surface area contributed by atoms with E-state index in [-0.39, 0.29) is 22.7 Å². The number of anilines is 1. The summed E-state index contributed by atoms with van der Waals surface area (Å²) in [6.45, 7) is 0. The molecule has 0 aliphatic carbocycles. The molecule has 0 saturated heterocycles. The van der Waals surface area contributed by atoms with Crippen molar-refractivity contribution in [2.45, 2.75) is 17.4 Å². The number of carbonyl (C=O) groups is 1. The van der Waals surface area contributed by atoms with E-state index in [0.29, 0.717) is 12.1 Å². The van der Waals surface area contributed by atoms with Crippen LogP contribution in [0.2, 0.25) is 0 Å². The molecule has 0 atom stereocenters. The first kappa shape index (κ1) is 26.7. The predicted octanol–water partition coefficient (Wildman–Crippen LogP) is 4.98. The van der Waals surface area contributed by atoms with Crippen molar-refractivity contribution < 1.29 is 53.4 Å². The molecule has 3 rings (SSSR count). The fourth-order valence-electron chi connectivity index (χ4n) is 2.63. The van der Waals surface area contributed by atoms with E-state index in [1.807, 2.05) is 0 Å². The molecule has 1 N–H and O–H groups in total. The number of alkyl halides is 6. The fourth-order valence-corrected chi connectivity index (χ4v) is 3.29. The minimum atomic E-state index is -5.12. The number of benzene rings is 2. The Labute approximate surface area is 197 Å². The van der Waals surface area contributed by atoms with Gasteiger partial charge in [-0.1, -0.05) is 6.07 Å². The second kappa shape index (κ2) is 9.60. The summed E-state index contributed by atoms with van der Waals surface area (Å²) in [5.41, 5.74) is -2.63. The van der Waals surface area contributed by atoms with Crippen LogP contribution in [0.25, 0.3) is 0 Å². The first-order valence-corrected chi connectivity index (χ1v) is 11.2. The molecule has 0 aliphatic rings. The second-order valence-electron chi connectivity index (χ2n) is 6.94. The molecule has 1 heterocycles. The molecule has 16 heteroatoms. The van der Waals surface area contributed by atoms with Gasteiger partial charge in [-0.15, -0.1) is 23.4 Å². The number of ether oxygens (including phenoxy) is 2. The van der Waals surface area contributed by atoms with Crippen LogP contribution in [0, 0.1) is 5.82 Å². The molecule has 1 aromatic heterocycles. The summed E-state index contributed by atoms with van der Waals surface area (Å²) < 4.78 is 123. The van der Waals surface area contributed by atoms with Gasteiger partial charge in [0.1, 0.15) is 11.3 Å². The van der Waals surface area contributed by atoms with Crippen LogP contribution >= 0.6 is 0 Å². The zero-order valence-corrected chi connectivity index (χ0v) is 18.4. The molecule has 2 aromatic carbocycles. The van der Waals surface area contributed by atoms with E-state index in [2.05, 4.69) is 20.3 Å². The average molecular weight is 539 g/mol. The Hall–Kier alpha value is -3.95. The van der Waals surface area contributed by atoms with E-state index in [1.165, 1.54) is 18.2 Å². The Morgan fingerprint density at radius 1 is 0.972 bits per heavy atom. The van der Waals surface area contributed by atoms with Crippen molar-refractivity contribution in [2.24, 2.45) is 0 Å². The van der Waals surface area contributed by atoms with Crippen LogP contribution in [0.1, 0.15) is 16.1 Å². The molecule has 0 spiro atoms. The summed E-state index contributed by atoms with van der Waals surface area (Å²) in [6.07, 6.45) is -9.27. The van der Waals surface area contributed by atoms with Gasteiger partial charge in [-0.25, -0.2) is 12.8 Å². The SMILES string of the molecule is CS(=O)(=O)c1cccc(NC(=O)c2cc(C(F)(F)F)nnc2Oc2ccc(OC(F)(F)F)cc2F)c1. The molecule has 192 valence electrons. The van der Waals surface area contributed by atoms with Crippen LogP contribution in [0.3, 0.4) is 0 Å². The molecule has 3 aromatic rings. The Kier molecular flexibility index (Phi) is 7.11. The number of rotatable bonds is 6. The summed E-state index contributed by atoms with van der Waals surface area (Å²) >= 11 is 0. The molecule has 0 fully saturated rings. The molecule has 36 heavy (non-hydrogen) atoms. The van der Waals surface area contributed by atoms with E-state index in [4.69, 9.17) is 4.74 Å². The minimum absolute atomic E-state index is 0.126. The first-order valence-electron chi connectivity index (χ1n) is 9.32. The van der Waals surface area contributed by atoms with Crippen molar-refractivity contribution in [1.82, 2.24) is 10.2 Å². The van der Waals surface area contributed by atoms with Crippen molar-refractivity contribution >= 4 is 21.4 Å². The van der Waals surface area contributed by atoms with E-state index < -0.39 is 62.7 Å². The van der Waals surface area contributed by atoms with Gasteiger partial charge < -0.3 is 14.8 Å². The lowest BCUT2D eigenvalue weighted by Crippen LogP contribution is -2.18. The smallest absolute Gasteiger partial charge is 0.434 e. The number of hydrogen-bond donors (Lipinski definition) is 1. The van der Waals surface area contributed by atoms with E-state index in [9.17, 15) is 43.9 Å². The van der Waals surface area contributed by atoms with Gasteiger partial charge in [-0.2, -0.15) is 13.2 Å². The van der Waals surface area contributed by atoms with E-state index in [1.54, 1.807) is 0 Å². The Balaban J connectivity index is 1.97. The van der Waals surface area contributed by atoms with Crippen LogP contribution in [0.4, 0.5) is 36.4 Å². The highest BCUT2D eigenvalue weighted by Crippen LogP contribution is 2.33. The summed E-state index contributed by atoms with van der Waals surface area (Å²) in [6, 6.07) is 6.60. The molecule has 0 unspecified atom stereocenters. The van der Waals surface area contributed by atoms with Crippen molar-refractivity contribution in [3.8, 4) is 17.4 Å². The van der Waals surface area contributed by atoms with E-state index >= 15 is 0 Å². The third kappa shape index (κ3) is 6.80. The monoisotopic (exact) mass is 539 g/mol. The maximum absolute atomic E-state index is 14.3. The lowest BCUT2D eigenvalue weighted by atomic mass is 10.2. The van der Waals surface area contributed by atoms with Crippen LogP contribution < -0.4 is 14.8 Å². The van der Waals surface area contributed by atoms with E-state index in [0.717, 1.165) is 12.3 Å². The first-order chi connectivity index (χ1) is 16.5. The van der Waals surface area contributed by atoms with Gasteiger partial charge in [0.25, 0.3) is 11.8 Å². The van der Waals surface area contributed by atoms with Gasteiger partial charge >= 0.3 is 12.5 Å². The normalized spacial score (nSPS) is 12.2. The molecule has 1 amide bonds. The number of aromatic nitrogens is 2. The molecular weight excluding hydrogens is 527 g/mol. The number of nitrogens with one attached hydrogen (secondary N) is 1. The largest absolute Gasteiger partial charge is 0.573 e. The van der Waals surface area contributed by atoms with Gasteiger partial charge in [0, 0.05) is 18.0 Å². The predicted molar refractivity (Wildman–Crippen MR) is 108 cm³/mol. The van der Waals surface area contributed by atoms with Crippen molar-refractivity contribution in [2.75, 3.05) is 11.6 Å². The maximum atomic E-state index is 14.3. The quantitative estimate of drug-likeness (QED) is 0.441. The number of amides is 1. The van der Waals surface area contributed by atoms with Gasteiger partial charge in [0.15, 0.2) is 27.1 Å². The van der Waals surface area contributed by atoms with Crippen LogP contribution in [0.15, 0.2) is 53.4 Å². The fraction of sp³-hybridized carbons (Fsp3) is 0.150. The third-order valence-corrected chi connectivity index (χ3v) is 5.27. The lowest BCUT2D eigenvalue weighted by molar-refractivity contribution is -0.274. The van der Waals surface area contributed by atoms with Gasteiger partial charge in [0.05, 0.1) is 4.90 Å².